The predicted molar refractivity (Wildman–Crippen MR) is 75.4 cm³/mol. The fourth-order valence-electron chi connectivity index (χ4n) is 1.86. The first kappa shape index (κ1) is 14.0. The fourth-order valence-corrected chi connectivity index (χ4v) is 1.86. The number of esters is 1. The number of nitrogens with zero attached hydrogens (tertiary/aromatic N) is 2. The van der Waals surface area contributed by atoms with Gasteiger partial charge >= 0.3 is 5.97 Å². The summed E-state index contributed by atoms with van der Waals surface area (Å²) in [4.78, 5) is 27.7. The van der Waals surface area contributed by atoms with Crippen LogP contribution in [-0.4, -0.2) is 15.4 Å². The Morgan fingerprint density at radius 2 is 2.15 bits per heavy atom. The van der Waals surface area contributed by atoms with Crippen LogP contribution in [0.15, 0.2) is 40.7 Å². The second kappa shape index (κ2) is 5.69. The minimum atomic E-state index is -0.434. The van der Waals surface area contributed by atoms with Crippen molar-refractivity contribution in [2.24, 2.45) is 0 Å². The molecule has 0 amide bonds. The van der Waals surface area contributed by atoms with Crippen LogP contribution in [0.5, 0.6) is 0 Å². The van der Waals surface area contributed by atoms with Gasteiger partial charge in [0.05, 0.1) is 5.69 Å². The molecule has 0 atom stereocenters. The van der Waals surface area contributed by atoms with E-state index in [0.717, 1.165) is 11.3 Å². The molecule has 0 saturated carbocycles. The van der Waals surface area contributed by atoms with E-state index in [1.165, 1.54) is 16.5 Å². The highest BCUT2D eigenvalue weighted by Gasteiger charge is 2.06. The number of carbonyl (C=O) groups is 1. The van der Waals surface area contributed by atoms with Crippen LogP contribution < -0.4 is 5.56 Å². The molecule has 0 bridgehead atoms. The Balaban J connectivity index is 2.27. The third kappa shape index (κ3) is 3.12. The number of allylic oxidation sites excluding steroid dienone is 1. The summed E-state index contributed by atoms with van der Waals surface area (Å²) in [5.41, 5.74) is 2.48. The zero-order valence-electron chi connectivity index (χ0n) is 11.7. The SMILES string of the molecule is CC(C)=CC(=O)OCc1cc(=O)n2c(C)cccc2n1. The molecule has 0 spiro atoms. The first-order valence-corrected chi connectivity index (χ1v) is 6.27. The number of ether oxygens (including phenoxy) is 1. The van der Waals surface area contributed by atoms with Crippen molar-refractivity contribution in [3.63, 3.8) is 0 Å². The van der Waals surface area contributed by atoms with E-state index in [2.05, 4.69) is 4.98 Å². The Kier molecular flexibility index (Phi) is 3.98. The molecule has 0 aliphatic rings. The highest BCUT2D eigenvalue weighted by atomic mass is 16.5. The third-order valence-electron chi connectivity index (χ3n) is 2.70. The first-order chi connectivity index (χ1) is 9.47. The van der Waals surface area contributed by atoms with Crippen molar-refractivity contribution in [1.29, 1.82) is 0 Å². The zero-order chi connectivity index (χ0) is 14.7. The molecule has 2 rings (SSSR count). The summed E-state index contributed by atoms with van der Waals surface area (Å²) in [7, 11) is 0. The van der Waals surface area contributed by atoms with Crippen molar-refractivity contribution in [3.8, 4) is 0 Å². The standard InChI is InChI=1S/C15H16N2O3/c1-10(2)7-15(19)20-9-12-8-14(18)17-11(3)5-4-6-13(17)16-12/h4-8H,9H2,1-3H3. The molecule has 0 fully saturated rings. The molecule has 104 valence electrons. The van der Waals surface area contributed by atoms with Crippen molar-refractivity contribution in [2.75, 3.05) is 0 Å². The van der Waals surface area contributed by atoms with Gasteiger partial charge in [0.15, 0.2) is 0 Å². The Hall–Kier alpha value is -2.43. The van der Waals surface area contributed by atoms with E-state index in [4.69, 9.17) is 4.74 Å². The molecule has 20 heavy (non-hydrogen) atoms. The van der Waals surface area contributed by atoms with E-state index in [1.807, 2.05) is 32.9 Å². The summed E-state index contributed by atoms with van der Waals surface area (Å²) in [6.45, 7) is 5.45. The minimum Gasteiger partial charge on any atom is -0.456 e. The van der Waals surface area contributed by atoms with Gasteiger partial charge in [-0.05, 0) is 32.9 Å². The van der Waals surface area contributed by atoms with Crippen molar-refractivity contribution < 1.29 is 9.53 Å². The molecule has 0 radical (unpaired) electrons. The molecular formula is C15H16N2O3. The van der Waals surface area contributed by atoms with Crippen molar-refractivity contribution in [3.05, 3.63) is 57.7 Å². The molecule has 0 aliphatic carbocycles. The van der Waals surface area contributed by atoms with Gasteiger partial charge in [-0.3, -0.25) is 9.20 Å². The number of rotatable bonds is 3. The number of aromatic nitrogens is 2. The summed E-state index contributed by atoms with van der Waals surface area (Å²) in [5.74, 6) is -0.434. The minimum absolute atomic E-state index is 0.0116. The molecule has 0 N–H and O–H groups in total. The lowest BCUT2D eigenvalue weighted by Gasteiger charge is -2.06. The van der Waals surface area contributed by atoms with Crippen LogP contribution in [-0.2, 0) is 16.1 Å². The Morgan fingerprint density at radius 3 is 2.85 bits per heavy atom. The average Bonchev–Trinajstić information content (AvgIpc) is 2.35. The van der Waals surface area contributed by atoms with Gasteiger partial charge in [0.2, 0.25) is 0 Å². The van der Waals surface area contributed by atoms with Crippen LogP contribution in [0, 0.1) is 6.92 Å². The van der Waals surface area contributed by atoms with Crippen LogP contribution in [0.3, 0.4) is 0 Å². The van der Waals surface area contributed by atoms with Gasteiger partial charge in [0, 0.05) is 17.8 Å². The second-order valence-electron chi connectivity index (χ2n) is 4.78. The zero-order valence-corrected chi connectivity index (χ0v) is 11.7. The molecule has 5 heteroatoms. The number of hydrogen-bond acceptors (Lipinski definition) is 4. The lowest BCUT2D eigenvalue weighted by molar-refractivity contribution is -0.139. The van der Waals surface area contributed by atoms with E-state index in [9.17, 15) is 9.59 Å². The third-order valence-corrected chi connectivity index (χ3v) is 2.70. The molecular weight excluding hydrogens is 256 g/mol. The summed E-state index contributed by atoms with van der Waals surface area (Å²) in [5, 5.41) is 0. The number of hydrogen-bond donors (Lipinski definition) is 0. The van der Waals surface area contributed by atoms with Gasteiger partial charge in [0.25, 0.3) is 5.56 Å². The maximum absolute atomic E-state index is 12.0. The van der Waals surface area contributed by atoms with Gasteiger partial charge < -0.3 is 4.74 Å². The number of fused-ring (bicyclic) bond motifs is 1. The average molecular weight is 272 g/mol. The highest BCUT2D eigenvalue weighted by Crippen LogP contribution is 2.04. The normalized spacial score (nSPS) is 10.3. The summed E-state index contributed by atoms with van der Waals surface area (Å²) in [6, 6.07) is 6.80. The van der Waals surface area contributed by atoms with Gasteiger partial charge in [-0.25, -0.2) is 9.78 Å². The molecule has 0 saturated heterocycles. The Bertz CT molecular complexity index is 740. The van der Waals surface area contributed by atoms with Crippen molar-refractivity contribution >= 4 is 11.6 Å². The largest absolute Gasteiger partial charge is 0.456 e. The molecule has 0 aromatic carbocycles. The van der Waals surface area contributed by atoms with Crippen LogP contribution in [0.25, 0.3) is 5.65 Å². The van der Waals surface area contributed by atoms with Gasteiger partial charge in [-0.15, -0.1) is 0 Å². The monoisotopic (exact) mass is 272 g/mol. The number of aryl methyl sites for hydroxylation is 1. The van der Waals surface area contributed by atoms with Crippen molar-refractivity contribution in [2.45, 2.75) is 27.4 Å². The second-order valence-corrected chi connectivity index (χ2v) is 4.78. The smallest absolute Gasteiger partial charge is 0.331 e. The van der Waals surface area contributed by atoms with E-state index in [1.54, 1.807) is 6.07 Å². The van der Waals surface area contributed by atoms with Crippen LogP contribution >= 0.6 is 0 Å². The van der Waals surface area contributed by atoms with E-state index in [0.29, 0.717) is 11.3 Å². The Morgan fingerprint density at radius 1 is 1.40 bits per heavy atom. The van der Waals surface area contributed by atoms with Gasteiger partial charge in [-0.1, -0.05) is 11.6 Å². The quantitative estimate of drug-likeness (QED) is 0.633. The lowest BCUT2D eigenvalue weighted by Crippen LogP contribution is -2.18. The molecule has 2 heterocycles. The van der Waals surface area contributed by atoms with E-state index >= 15 is 0 Å². The Labute approximate surface area is 116 Å². The predicted octanol–water partition coefficient (Wildman–Crippen LogP) is 2.01. The van der Waals surface area contributed by atoms with E-state index < -0.39 is 5.97 Å². The number of pyridine rings is 1. The van der Waals surface area contributed by atoms with Gasteiger partial charge in [-0.2, -0.15) is 0 Å². The fraction of sp³-hybridized carbons (Fsp3) is 0.267. The summed E-state index contributed by atoms with van der Waals surface area (Å²) < 4.78 is 6.56. The molecule has 0 aliphatic heterocycles. The van der Waals surface area contributed by atoms with Crippen LogP contribution in [0.2, 0.25) is 0 Å². The van der Waals surface area contributed by atoms with Gasteiger partial charge in [0.1, 0.15) is 12.3 Å². The lowest BCUT2D eigenvalue weighted by atomic mass is 10.3. The van der Waals surface area contributed by atoms with E-state index in [-0.39, 0.29) is 12.2 Å². The first-order valence-electron chi connectivity index (χ1n) is 6.27. The highest BCUT2D eigenvalue weighted by molar-refractivity contribution is 5.82. The maximum Gasteiger partial charge on any atom is 0.331 e. The summed E-state index contributed by atoms with van der Waals surface area (Å²) in [6.07, 6.45) is 1.40. The molecule has 2 aromatic heterocycles. The molecule has 2 aromatic rings. The molecule has 5 nitrogen and oxygen atoms in total. The van der Waals surface area contributed by atoms with Crippen molar-refractivity contribution in [1.82, 2.24) is 9.38 Å². The van der Waals surface area contributed by atoms with Crippen LogP contribution in [0.1, 0.15) is 25.2 Å². The van der Waals surface area contributed by atoms with Crippen LogP contribution in [0.4, 0.5) is 0 Å². The topological polar surface area (TPSA) is 60.7 Å². The number of carbonyl (C=O) groups excluding carboxylic acids is 1. The molecule has 0 unspecified atom stereocenters. The maximum atomic E-state index is 12.0. The summed E-state index contributed by atoms with van der Waals surface area (Å²) >= 11 is 0.